The first-order valence-corrected chi connectivity index (χ1v) is 5.53. The largest absolute Gasteiger partial charge is 0.482 e. The summed E-state index contributed by atoms with van der Waals surface area (Å²) in [5.41, 5.74) is 0.155. The lowest BCUT2D eigenvalue weighted by molar-refractivity contribution is -0.140. The van der Waals surface area contributed by atoms with Crippen molar-refractivity contribution in [3.63, 3.8) is 0 Å². The van der Waals surface area contributed by atoms with E-state index in [0.717, 1.165) is 0 Å². The van der Waals surface area contributed by atoms with Crippen LogP contribution in [0, 0.1) is 0 Å². The van der Waals surface area contributed by atoms with Gasteiger partial charge in [-0.1, -0.05) is 18.2 Å². The van der Waals surface area contributed by atoms with E-state index in [2.05, 4.69) is 5.32 Å². The highest BCUT2D eigenvalue weighted by atomic mass is 16.5. The molecular formula is C12H13NO7. The summed E-state index contributed by atoms with van der Waals surface area (Å²) in [6.07, 6.45) is 0. The maximum absolute atomic E-state index is 11.2. The van der Waals surface area contributed by atoms with Gasteiger partial charge in [0.2, 0.25) is 0 Å². The molecular weight excluding hydrogens is 270 g/mol. The van der Waals surface area contributed by atoms with Gasteiger partial charge in [0.05, 0.1) is 6.54 Å². The molecule has 1 aromatic rings. The van der Waals surface area contributed by atoms with Gasteiger partial charge in [-0.05, 0) is 6.07 Å². The SMILES string of the molecule is O=C(O)CNC(C(=O)O)c1ccccc1OCC(=O)O. The molecule has 108 valence electrons. The highest BCUT2D eigenvalue weighted by molar-refractivity contribution is 5.78. The maximum atomic E-state index is 11.2. The molecule has 0 heterocycles. The smallest absolute Gasteiger partial charge is 0.341 e. The number of aliphatic carboxylic acids is 3. The van der Waals surface area contributed by atoms with E-state index in [9.17, 15) is 14.4 Å². The van der Waals surface area contributed by atoms with Crippen molar-refractivity contribution in [3.8, 4) is 5.75 Å². The molecule has 1 aromatic carbocycles. The van der Waals surface area contributed by atoms with Gasteiger partial charge >= 0.3 is 17.9 Å². The van der Waals surface area contributed by atoms with Gasteiger partial charge in [0.1, 0.15) is 11.8 Å². The van der Waals surface area contributed by atoms with Crippen LogP contribution in [-0.4, -0.2) is 46.4 Å². The minimum Gasteiger partial charge on any atom is -0.482 e. The Hall–Kier alpha value is -2.61. The van der Waals surface area contributed by atoms with Crippen LogP contribution in [0.1, 0.15) is 11.6 Å². The average molecular weight is 283 g/mol. The average Bonchev–Trinajstić information content (AvgIpc) is 2.37. The zero-order valence-corrected chi connectivity index (χ0v) is 10.3. The zero-order chi connectivity index (χ0) is 15.1. The topological polar surface area (TPSA) is 133 Å². The summed E-state index contributed by atoms with van der Waals surface area (Å²) in [4.78, 5) is 32.1. The highest BCUT2D eigenvalue weighted by Crippen LogP contribution is 2.25. The Morgan fingerprint density at radius 1 is 1.10 bits per heavy atom. The fourth-order valence-corrected chi connectivity index (χ4v) is 1.51. The van der Waals surface area contributed by atoms with Crippen LogP contribution in [0.5, 0.6) is 5.75 Å². The Morgan fingerprint density at radius 2 is 1.75 bits per heavy atom. The Labute approximate surface area is 113 Å². The molecule has 0 saturated carbocycles. The van der Waals surface area contributed by atoms with Gasteiger partial charge in [0.15, 0.2) is 6.61 Å². The third kappa shape index (κ3) is 4.58. The monoisotopic (exact) mass is 283 g/mol. The van der Waals surface area contributed by atoms with Crippen LogP contribution in [0.15, 0.2) is 24.3 Å². The third-order valence-electron chi connectivity index (χ3n) is 2.29. The number of rotatable bonds is 8. The Kier molecular flexibility index (Phi) is 5.48. The van der Waals surface area contributed by atoms with Gasteiger partial charge in [0.25, 0.3) is 0 Å². The van der Waals surface area contributed by atoms with E-state index in [1.807, 2.05) is 0 Å². The molecule has 4 N–H and O–H groups in total. The van der Waals surface area contributed by atoms with E-state index in [1.165, 1.54) is 12.1 Å². The van der Waals surface area contributed by atoms with Crippen LogP contribution < -0.4 is 10.1 Å². The molecule has 1 rings (SSSR count). The molecule has 1 atom stereocenters. The molecule has 0 bridgehead atoms. The van der Waals surface area contributed by atoms with Crippen LogP contribution in [0.2, 0.25) is 0 Å². The third-order valence-corrected chi connectivity index (χ3v) is 2.29. The molecule has 0 aromatic heterocycles. The quantitative estimate of drug-likeness (QED) is 0.522. The fraction of sp³-hybridized carbons (Fsp3) is 0.250. The molecule has 0 aliphatic rings. The molecule has 20 heavy (non-hydrogen) atoms. The van der Waals surface area contributed by atoms with E-state index >= 15 is 0 Å². The van der Waals surface area contributed by atoms with Gasteiger partial charge in [-0.2, -0.15) is 0 Å². The summed E-state index contributed by atoms with van der Waals surface area (Å²) < 4.78 is 4.99. The van der Waals surface area contributed by atoms with Crippen LogP contribution in [-0.2, 0) is 14.4 Å². The summed E-state index contributed by atoms with van der Waals surface area (Å²) >= 11 is 0. The van der Waals surface area contributed by atoms with E-state index in [-0.39, 0.29) is 11.3 Å². The number of benzene rings is 1. The van der Waals surface area contributed by atoms with Gasteiger partial charge in [-0.3, -0.25) is 14.9 Å². The number of carbonyl (C=O) groups is 3. The van der Waals surface area contributed by atoms with Crippen molar-refractivity contribution in [2.24, 2.45) is 0 Å². The van der Waals surface area contributed by atoms with Crippen molar-refractivity contribution < 1.29 is 34.4 Å². The van der Waals surface area contributed by atoms with Crippen molar-refractivity contribution in [1.29, 1.82) is 0 Å². The van der Waals surface area contributed by atoms with Crippen molar-refractivity contribution in [3.05, 3.63) is 29.8 Å². The van der Waals surface area contributed by atoms with Crippen LogP contribution in [0.25, 0.3) is 0 Å². The molecule has 8 heteroatoms. The second-order valence-electron chi connectivity index (χ2n) is 3.77. The molecule has 0 fully saturated rings. The zero-order valence-electron chi connectivity index (χ0n) is 10.3. The fourth-order valence-electron chi connectivity index (χ4n) is 1.51. The number of hydrogen-bond acceptors (Lipinski definition) is 5. The second kappa shape index (κ2) is 7.10. The first-order valence-electron chi connectivity index (χ1n) is 5.53. The van der Waals surface area contributed by atoms with Crippen LogP contribution in [0.4, 0.5) is 0 Å². The van der Waals surface area contributed by atoms with Crippen molar-refractivity contribution in [2.75, 3.05) is 13.2 Å². The standard InChI is InChI=1S/C12H13NO7/c14-9(15)5-13-11(12(18)19)7-3-1-2-4-8(7)20-6-10(16)17/h1-4,11,13H,5-6H2,(H,14,15)(H,16,17)(H,18,19). The second-order valence-corrected chi connectivity index (χ2v) is 3.77. The highest BCUT2D eigenvalue weighted by Gasteiger charge is 2.23. The van der Waals surface area contributed by atoms with Crippen LogP contribution >= 0.6 is 0 Å². The normalized spacial score (nSPS) is 11.6. The van der Waals surface area contributed by atoms with E-state index in [4.69, 9.17) is 20.1 Å². The summed E-state index contributed by atoms with van der Waals surface area (Å²) in [6.45, 7) is -1.17. The van der Waals surface area contributed by atoms with Crippen molar-refractivity contribution in [2.45, 2.75) is 6.04 Å². The molecule has 0 aliphatic heterocycles. The molecule has 0 aliphatic carbocycles. The summed E-state index contributed by atoms with van der Waals surface area (Å²) in [5, 5.41) is 28.6. The van der Waals surface area contributed by atoms with Crippen LogP contribution in [0.3, 0.4) is 0 Å². The molecule has 0 amide bonds. The van der Waals surface area contributed by atoms with Crippen molar-refractivity contribution in [1.82, 2.24) is 5.32 Å². The predicted octanol–water partition coefficient (Wildman–Crippen LogP) is -0.0501. The first kappa shape index (κ1) is 15.4. The number of hydrogen-bond donors (Lipinski definition) is 4. The molecule has 0 spiro atoms. The lowest BCUT2D eigenvalue weighted by Gasteiger charge is -2.17. The number of ether oxygens (including phenoxy) is 1. The van der Waals surface area contributed by atoms with Gasteiger partial charge in [0, 0.05) is 5.56 Å². The van der Waals surface area contributed by atoms with E-state index < -0.39 is 37.1 Å². The van der Waals surface area contributed by atoms with Gasteiger partial charge < -0.3 is 20.1 Å². The first-order chi connectivity index (χ1) is 9.41. The minimum absolute atomic E-state index is 0.0696. The van der Waals surface area contributed by atoms with Gasteiger partial charge in [-0.25, -0.2) is 4.79 Å². The Balaban J connectivity index is 2.97. The molecule has 0 saturated heterocycles. The van der Waals surface area contributed by atoms with Crippen molar-refractivity contribution >= 4 is 17.9 Å². The molecule has 8 nitrogen and oxygen atoms in total. The van der Waals surface area contributed by atoms with E-state index in [0.29, 0.717) is 0 Å². The molecule has 1 unspecified atom stereocenters. The Bertz CT molecular complexity index is 514. The lowest BCUT2D eigenvalue weighted by atomic mass is 10.1. The predicted molar refractivity (Wildman–Crippen MR) is 65.6 cm³/mol. The number of carboxylic acid groups (broad SMARTS) is 3. The summed E-state index contributed by atoms with van der Waals surface area (Å²) in [7, 11) is 0. The van der Waals surface area contributed by atoms with Gasteiger partial charge in [-0.15, -0.1) is 0 Å². The summed E-state index contributed by atoms with van der Waals surface area (Å²) in [5.74, 6) is -3.64. The minimum atomic E-state index is -1.31. The Morgan fingerprint density at radius 3 is 2.30 bits per heavy atom. The maximum Gasteiger partial charge on any atom is 0.341 e. The number of nitrogens with one attached hydrogen (secondary N) is 1. The van der Waals surface area contributed by atoms with E-state index in [1.54, 1.807) is 12.1 Å². The number of carboxylic acids is 3. The summed E-state index contributed by atoms with van der Waals surface area (Å²) in [6, 6.07) is 4.62. The molecule has 0 radical (unpaired) electrons. The lowest BCUT2D eigenvalue weighted by Crippen LogP contribution is -2.33. The number of para-hydroxylation sites is 1.